The molecule has 18 nitrogen and oxygen atoms in total. The van der Waals surface area contributed by atoms with Crippen LogP contribution in [0, 0.1) is 0 Å². The molecule has 0 saturated heterocycles. The zero-order chi connectivity index (χ0) is 34.5. The van der Waals surface area contributed by atoms with E-state index >= 15 is 0 Å². The Morgan fingerprint density at radius 2 is 1.51 bits per heavy atom. The maximum Gasteiger partial charge on any atom is 0.352 e. The molecule has 0 aliphatic heterocycles. The summed E-state index contributed by atoms with van der Waals surface area (Å²) < 4.78 is 108. The average Bonchev–Trinajstić information content (AvgIpc) is 2.97. The lowest BCUT2D eigenvalue weighted by Gasteiger charge is -2.19. The SMILES string of the molecule is CCOc1nc(N(C)c2ccc3c(O)c(N=Nc4ccc5c(S(=O)(=O)O)cccc5c4S(=O)(=O)O)c(S(=O)(=O)O)cc3c2)[nH]c(=O)n1. The van der Waals surface area contributed by atoms with Gasteiger partial charge in [0.05, 0.1) is 6.61 Å². The fourth-order valence-electron chi connectivity index (χ4n) is 4.64. The number of phenols is 1. The van der Waals surface area contributed by atoms with E-state index in [2.05, 4.69) is 25.2 Å². The van der Waals surface area contributed by atoms with Crippen LogP contribution in [0.3, 0.4) is 0 Å². The number of hydrogen-bond acceptors (Lipinski definition) is 14. The second kappa shape index (κ2) is 11.9. The van der Waals surface area contributed by atoms with Crippen molar-refractivity contribution in [2.24, 2.45) is 10.2 Å². The number of hydrogen-bond donors (Lipinski definition) is 5. The Balaban J connectivity index is 1.67. The van der Waals surface area contributed by atoms with Crippen LogP contribution in [0.5, 0.6) is 11.8 Å². The van der Waals surface area contributed by atoms with Crippen molar-refractivity contribution >= 4 is 74.9 Å². The lowest BCUT2D eigenvalue weighted by molar-refractivity contribution is 0.310. The van der Waals surface area contributed by atoms with Gasteiger partial charge in [-0.2, -0.15) is 30.2 Å². The molecule has 5 aromatic rings. The maximum atomic E-state index is 12.4. The van der Waals surface area contributed by atoms with Gasteiger partial charge in [-0.1, -0.05) is 18.2 Å². The van der Waals surface area contributed by atoms with Crippen LogP contribution in [-0.2, 0) is 30.4 Å². The van der Waals surface area contributed by atoms with E-state index in [9.17, 15) is 48.8 Å². The Labute approximate surface area is 265 Å². The molecule has 0 aliphatic carbocycles. The van der Waals surface area contributed by atoms with E-state index in [0.29, 0.717) is 5.69 Å². The van der Waals surface area contributed by atoms with E-state index in [4.69, 9.17) is 4.74 Å². The number of nitrogens with zero attached hydrogens (tertiary/aromatic N) is 5. The third kappa shape index (κ3) is 6.61. The van der Waals surface area contributed by atoms with E-state index in [-0.39, 0.29) is 40.1 Å². The molecule has 21 heteroatoms. The molecule has 0 radical (unpaired) electrons. The zero-order valence-electron chi connectivity index (χ0n) is 23.9. The third-order valence-corrected chi connectivity index (χ3v) is 9.38. The van der Waals surface area contributed by atoms with Crippen LogP contribution in [0.25, 0.3) is 21.5 Å². The minimum atomic E-state index is -5.16. The lowest BCUT2D eigenvalue weighted by Crippen LogP contribution is -2.21. The first-order valence-corrected chi connectivity index (χ1v) is 17.3. The minimum absolute atomic E-state index is 0.000922. The lowest BCUT2D eigenvalue weighted by atomic mass is 10.1. The Kier molecular flexibility index (Phi) is 8.47. The molecule has 246 valence electrons. The number of aromatic hydroxyl groups is 1. The summed E-state index contributed by atoms with van der Waals surface area (Å²) >= 11 is 0. The molecule has 4 aromatic carbocycles. The molecule has 5 rings (SSSR count). The summed E-state index contributed by atoms with van der Waals surface area (Å²) in [5.74, 6) is -0.795. The average molecular weight is 707 g/mol. The highest BCUT2D eigenvalue weighted by Gasteiger charge is 2.26. The van der Waals surface area contributed by atoms with E-state index in [0.717, 1.165) is 36.4 Å². The van der Waals surface area contributed by atoms with Gasteiger partial charge in [-0.15, -0.1) is 15.2 Å². The van der Waals surface area contributed by atoms with Crippen molar-refractivity contribution < 1.29 is 48.8 Å². The fourth-order valence-corrected chi connectivity index (χ4v) is 6.83. The van der Waals surface area contributed by atoms with E-state index in [1.54, 1.807) is 6.92 Å². The van der Waals surface area contributed by atoms with E-state index < -0.39 is 67.9 Å². The quantitative estimate of drug-likeness (QED) is 0.108. The second-order valence-corrected chi connectivity index (χ2v) is 13.8. The molecule has 0 saturated carbocycles. The van der Waals surface area contributed by atoms with Gasteiger partial charge in [-0.05, 0) is 48.7 Å². The molecule has 0 atom stereocenters. The Morgan fingerprint density at radius 3 is 2.15 bits per heavy atom. The van der Waals surface area contributed by atoms with Crippen molar-refractivity contribution in [1.82, 2.24) is 15.0 Å². The number of anilines is 2. The Morgan fingerprint density at radius 1 is 0.830 bits per heavy atom. The molecule has 0 unspecified atom stereocenters. The van der Waals surface area contributed by atoms with Gasteiger partial charge in [0.15, 0.2) is 5.75 Å². The van der Waals surface area contributed by atoms with Crippen LogP contribution in [-0.4, -0.2) is 72.6 Å². The van der Waals surface area contributed by atoms with Crippen molar-refractivity contribution in [3.63, 3.8) is 0 Å². The van der Waals surface area contributed by atoms with Crippen LogP contribution in [0.2, 0.25) is 0 Å². The summed E-state index contributed by atoms with van der Waals surface area (Å²) in [4.78, 5) is 21.0. The number of rotatable bonds is 9. The predicted molar refractivity (Wildman–Crippen MR) is 165 cm³/mol. The van der Waals surface area contributed by atoms with Crippen LogP contribution < -0.4 is 15.3 Å². The standard InChI is InChI=1S/C26H22N6O12S3/c1-3-44-26-28-24(27-25(34)29-26)32(2)14-7-8-15-13(11-14)12-20(46(38,39)40)21(22(15)33)31-30-18-10-9-16-17(23(18)47(41,42)43)5-4-6-19(16)45(35,36)37/h4-12,33H,3H2,1-2H3,(H,35,36,37)(H,38,39,40)(H,41,42,43)(H,27,28,29,34). The minimum Gasteiger partial charge on any atom is -0.505 e. The summed E-state index contributed by atoms with van der Waals surface area (Å²) in [6.07, 6.45) is 0. The van der Waals surface area contributed by atoms with Crippen LogP contribution in [0.4, 0.5) is 23.0 Å². The summed E-state index contributed by atoms with van der Waals surface area (Å²) in [5.41, 5.74) is -1.86. The molecule has 1 heterocycles. The first kappa shape index (κ1) is 33.3. The highest BCUT2D eigenvalue weighted by molar-refractivity contribution is 7.86. The number of benzene rings is 4. The van der Waals surface area contributed by atoms with Gasteiger partial charge >= 0.3 is 11.7 Å². The number of H-pyrrole nitrogens is 1. The predicted octanol–water partition coefficient (Wildman–Crippen LogP) is 3.50. The number of fused-ring (bicyclic) bond motifs is 2. The second-order valence-electron chi connectivity index (χ2n) is 9.62. The van der Waals surface area contributed by atoms with Gasteiger partial charge in [0.2, 0.25) is 5.95 Å². The largest absolute Gasteiger partial charge is 0.505 e. The number of phenolic OH excluding ortho intramolecular Hbond substituents is 1. The number of ether oxygens (including phenoxy) is 1. The van der Waals surface area contributed by atoms with Gasteiger partial charge in [0, 0.05) is 28.9 Å². The smallest absolute Gasteiger partial charge is 0.352 e. The molecule has 0 aliphatic rings. The summed E-state index contributed by atoms with van der Waals surface area (Å²) in [5, 5.41) is 17.9. The zero-order valence-corrected chi connectivity index (χ0v) is 26.4. The van der Waals surface area contributed by atoms with Gasteiger partial charge in [0.25, 0.3) is 30.4 Å². The van der Waals surface area contributed by atoms with Crippen molar-refractivity contribution in [2.45, 2.75) is 21.6 Å². The molecule has 0 bridgehead atoms. The molecule has 5 N–H and O–H groups in total. The molecular formula is C26H22N6O12S3. The number of nitrogens with one attached hydrogen (secondary N) is 1. The fraction of sp³-hybridized carbons (Fsp3) is 0.115. The molecule has 47 heavy (non-hydrogen) atoms. The highest BCUT2D eigenvalue weighted by atomic mass is 32.2. The van der Waals surface area contributed by atoms with Crippen LogP contribution in [0.15, 0.2) is 84.3 Å². The summed E-state index contributed by atoms with van der Waals surface area (Å²) in [6.45, 7) is 1.86. The van der Waals surface area contributed by atoms with E-state index in [1.165, 1.54) is 30.1 Å². The Hall–Kier alpha value is -5.06. The highest BCUT2D eigenvalue weighted by Crippen LogP contribution is 2.43. The Bertz CT molecular complexity index is 2520. The first-order chi connectivity index (χ1) is 21.9. The normalized spacial score (nSPS) is 12.6. The van der Waals surface area contributed by atoms with Crippen molar-refractivity contribution in [1.29, 1.82) is 0 Å². The number of aromatic amines is 1. The molecular weight excluding hydrogens is 685 g/mol. The number of azo groups is 1. The molecule has 0 fully saturated rings. The topological polar surface area (TPSA) is 279 Å². The van der Waals surface area contributed by atoms with Gasteiger partial charge in [-0.3, -0.25) is 18.6 Å². The van der Waals surface area contributed by atoms with Crippen molar-refractivity contribution in [3.05, 3.63) is 65.1 Å². The van der Waals surface area contributed by atoms with Crippen molar-refractivity contribution in [3.8, 4) is 11.8 Å². The van der Waals surface area contributed by atoms with Crippen molar-refractivity contribution in [2.75, 3.05) is 18.6 Å². The molecule has 0 amide bonds. The van der Waals surface area contributed by atoms with Gasteiger partial charge < -0.3 is 14.7 Å². The third-order valence-electron chi connectivity index (χ3n) is 6.65. The summed E-state index contributed by atoms with van der Waals surface area (Å²) in [7, 11) is -13.6. The monoisotopic (exact) mass is 706 g/mol. The van der Waals surface area contributed by atoms with Crippen LogP contribution in [0.1, 0.15) is 6.92 Å². The first-order valence-electron chi connectivity index (χ1n) is 12.9. The molecule has 1 aromatic heterocycles. The maximum absolute atomic E-state index is 12.4. The number of aromatic nitrogens is 3. The van der Waals surface area contributed by atoms with Gasteiger partial charge in [0.1, 0.15) is 26.1 Å². The summed E-state index contributed by atoms with van der Waals surface area (Å²) in [6, 6.07) is 10.1. The molecule has 0 spiro atoms. The van der Waals surface area contributed by atoms with Gasteiger partial charge in [-0.25, -0.2) is 4.79 Å². The van der Waals surface area contributed by atoms with Crippen LogP contribution >= 0.6 is 0 Å². The van der Waals surface area contributed by atoms with E-state index in [1.807, 2.05) is 0 Å².